The fraction of sp³-hybridized carbons (Fsp3) is 0.571. The second-order valence-corrected chi connectivity index (χ2v) is 12.1. The first-order valence-electron chi connectivity index (χ1n) is 11.1. The highest BCUT2D eigenvalue weighted by Crippen LogP contribution is 2.32. The molecule has 3 heterocycles. The molecule has 0 radical (unpaired) electrons. The maximum atomic E-state index is 13.0. The number of anilines is 2. The van der Waals surface area contributed by atoms with Gasteiger partial charge in [-0.3, -0.25) is 4.79 Å². The Morgan fingerprint density at radius 1 is 1.19 bits per heavy atom. The largest absolute Gasteiger partial charge is 0.360 e. The van der Waals surface area contributed by atoms with Crippen LogP contribution in [0.15, 0.2) is 27.4 Å². The SMILES string of the molecule is CCCCNc1nnc(SCC(=O)N2CCCc3cc(S(=O)(=O)N4CCCC4)ccc32)s1. The highest BCUT2D eigenvalue weighted by molar-refractivity contribution is 8.01. The summed E-state index contributed by atoms with van der Waals surface area (Å²) in [7, 11) is -3.46. The number of fused-ring (bicyclic) bond motifs is 1. The van der Waals surface area contributed by atoms with Crippen LogP contribution in [0.4, 0.5) is 10.8 Å². The molecule has 0 unspecified atom stereocenters. The molecule has 2 aromatic rings. The van der Waals surface area contributed by atoms with E-state index in [2.05, 4.69) is 22.4 Å². The highest BCUT2D eigenvalue weighted by Gasteiger charge is 2.29. The van der Waals surface area contributed by atoms with E-state index in [9.17, 15) is 13.2 Å². The van der Waals surface area contributed by atoms with Gasteiger partial charge >= 0.3 is 0 Å². The fourth-order valence-corrected chi connectivity index (χ4v) is 7.21. The number of nitrogens with one attached hydrogen (secondary N) is 1. The van der Waals surface area contributed by atoms with Crippen LogP contribution in [-0.4, -0.2) is 60.8 Å². The molecule has 1 fully saturated rings. The van der Waals surface area contributed by atoms with Crippen molar-refractivity contribution < 1.29 is 13.2 Å². The van der Waals surface area contributed by atoms with E-state index in [1.54, 1.807) is 27.4 Å². The standard InChI is InChI=1S/C21H29N5O3S3/c1-2-3-10-22-20-23-24-21(31-20)30-15-19(27)26-13-6-7-16-14-17(8-9-18(16)26)32(28,29)25-11-4-5-12-25/h8-9,14H,2-7,10-13,15H2,1H3,(H,22,23). The Morgan fingerprint density at radius 3 is 2.78 bits per heavy atom. The van der Waals surface area contributed by atoms with Crippen molar-refractivity contribution in [2.24, 2.45) is 0 Å². The number of aryl methyl sites for hydroxylation is 1. The second kappa shape index (κ2) is 10.5. The monoisotopic (exact) mass is 495 g/mol. The maximum absolute atomic E-state index is 13.0. The van der Waals surface area contributed by atoms with E-state index in [0.717, 1.165) is 65.8 Å². The number of rotatable bonds is 9. The number of aromatic nitrogens is 2. The Bertz CT molecular complexity index is 1050. The summed E-state index contributed by atoms with van der Waals surface area (Å²) >= 11 is 2.85. The Hall–Kier alpha value is -1.69. The van der Waals surface area contributed by atoms with Gasteiger partial charge in [0.2, 0.25) is 21.1 Å². The van der Waals surface area contributed by atoms with Crippen LogP contribution in [0.1, 0.15) is 44.6 Å². The minimum absolute atomic E-state index is 0.00166. The van der Waals surface area contributed by atoms with Crippen molar-refractivity contribution in [3.8, 4) is 0 Å². The lowest BCUT2D eigenvalue weighted by Gasteiger charge is -2.30. The molecule has 0 atom stereocenters. The molecule has 8 nitrogen and oxygen atoms in total. The van der Waals surface area contributed by atoms with E-state index in [-0.39, 0.29) is 11.7 Å². The molecule has 1 aromatic carbocycles. The number of sulfonamides is 1. The zero-order valence-corrected chi connectivity index (χ0v) is 20.7. The molecule has 1 N–H and O–H groups in total. The fourth-order valence-electron chi connectivity index (χ4n) is 3.98. The average Bonchev–Trinajstić information content (AvgIpc) is 3.50. The van der Waals surface area contributed by atoms with Gasteiger partial charge in [0.1, 0.15) is 0 Å². The summed E-state index contributed by atoms with van der Waals surface area (Å²) < 4.78 is 28.1. The van der Waals surface area contributed by atoms with Gasteiger partial charge in [0.05, 0.1) is 10.6 Å². The Balaban J connectivity index is 1.41. The van der Waals surface area contributed by atoms with Crippen LogP contribution in [-0.2, 0) is 21.2 Å². The van der Waals surface area contributed by atoms with Crippen molar-refractivity contribution in [1.29, 1.82) is 0 Å². The number of carbonyl (C=O) groups is 1. The third-order valence-corrected chi connectivity index (χ3v) is 9.60. The third-order valence-electron chi connectivity index (χ3n) is 5.71. The Morgan fingerprint density at radius 2 is 2.00 bits per heavy atom. The lowest BCUT2D eigenvalue weighted by molar-refractivity contribution is -0.116. The van der Waals surface area contributed by atoms with Crippen LogP contribution in [0.25, 0.3) is 0 Å². The number of carbonyl (C=O) groups excluding carboxylic acids is 1. The second-order valence-electron chi connectivity index (χ2n) is 7.99. The quantitative estimate of drug-likeness (QED) is 0.419. The summed E-state index contributed by atoms with van der Waals surface area (Å²) in [6.45, 7) is 4.82. The zero-order valence-electron chi connectivity index (χ0n) is 18.2. The molecule has 1 aromatic heterocycles. The van der Waals surface area contributed by atoms with Crippen molar-refractivity contribution in [2.75, 3.05) is 42.1 Å². The van der Waals surface area contributed by atoms with E-state index < -0.39 is 10.0 Å². The number of nitrogens with zero attached hydrogens (tertiary/aromatic N) is 4. The first kappa shape index (κ1) is 23.5. The van der Waals surface area contributed by atoms with Gasteiger partial charge in [0.15, 0.2) is 4.34 Å². The van der Waals surface area contributed by atoms with E-state index >= 15 is 0 Å². The summed E-state index contributed by atoms with van der Waals surface area (Å²) in [4.78, 5) is 15.1. The lowest BCUT2D eigenvalue weighted by Crippen LogP contribution is -2.37. The van der Waals surface area contributed by atoms with Gasteiger partial charge in [0, 0.05) is 31.9 Å². The summed E-state index contributed by atoms with van der Waals surface area (Å²) in [5.74, 6) is 0.276. The number of amides is 1. The van der Waals surface area contributed by atoms with Gasteiger partial charge in [-0.2, -0.15) is 4.31 Å². The van der Waals surface area contributed by atoms with E-state index in [1.807, 2.05) is 0 Å². The van der Waals surface area contributed by atoms with Crippen LogP contribution in [0.5, 0.6) is 0 Å². The topological polar surface area (TPSA) is 95.5 Å². The van der Waals surface area contributed by atoms with Gasteiger partial charge < -0.3 is 10.2 Å². The molecule has 4 rings (SSSR count). The molecule has 0 spiro atoms. The molecule has 0 bridgehead atoms. The van der Waals surface area contributed by atoms with Crippen molar-refractivity contribution >= 4 is 49.8 Å². The first-order valence-corrected chi connectivity index (χ1v) is 14.4. The van der Waals surface area contributed by atoms with Gasteiger partial charge in [-0.25, -0.2) is 8.42 Å². The minimum Gasteiger partial charge on any atom is -0.360 e. The van der Waals surface area contributed by atoms with Crippen molar-refractivity contribution in [2.45, 2.75) is 54.7 Å². The van der Waals surface area contributed by atoms with Gasteiger partial charge in [-0.15, -0.1) is 10.2 Å². The molecular weight excluding hydrogens is 466 g/mol. The van der Waals surface area contributed by atoms with E-state index in [0.29, 0.717) is 24.5 Å². The third kappa shape index (κ3) is 5.27. The zero-order chi connectivity index (χ0) is 22.6. The van der Waals surface area contributed by atoms with E-state index in [1.165, 1.54) is 23.1 Å². The number of hydrogen-bond donors (Lipinski definition) is 1. The Labute approximate surface area is 197 Å². The number of hydrogen-bond acceptors (Lipinski definition) is 8. The molecule has 0 aliphatic carbocycles. The van der Waals surface area contributed by atoms with Crippen LogP contribution in [0, 0.1) is 0 Å². The molecule has 32 heavy (non-hydrogen) atoms. The molecule has 1 amide bonds. The highest BCUT2D eigenvalue weighted by atomic mass is 32.2. The normalized spacial score (nSPS) is 16.8. The van der Waals surface area contributed by atoms with Gasteiger partial charge in [-0.05, 0) is 55.9 Å². The van der Waals surface area contributed by atoms with Crippen LogP contribution >= 0.6 is 23.1 Å². The van der Waals surface area contributed by atoms with Gasteiger partial charge in [-0.1, -0.05) is 36.4 Å². The van der Waals surface area contributed by atoms with Crippen molar-refractivity contribution in [3.05, 3.63) is 23.8 Å². The van der Waals surface area contributed by atoms with Crippen molar-refractivity contribution in [1.82, 2.24) is 14.5 Å². The first-order chi connectivity index (χ1) is 15.5. The summed E-state index contributed by atoms with van der Waals surface area (Å²) in [5.41, 5.74) is 1.75. The molecule has 0 saturated carbocycles. The number of unbranched alkanes of at least 4 members (excludes halogenated alkanes) is 1. The van der Waals surface area contributed by atoms with E-state index in [4.69, 9.17) is 0 Å². The molecule has 174 valence electrons. The van der Waals surface area contributed by atoms with Crippen LogP contribution in [0.3, 0.4) is 0 Å². The van der Waals surface area contributed by atoms with Crippen molar-refractivity contribution in [3.63, 3.8) is 0 Å². The van der Waals surface area contributed by atoms with Crippen LogP contribution in [0.2, 0.25) is 0 Å². The molecular formula is C21H29N5O3S3. The predicted octanol–water partition coefficient (Wildman–Crippen LogP) is 3.61. The lowest BCUT2D eigenvalue weighted by atomic mass is 10.0. The molecule has 1 saturated heterocycles. The van der Waals surface area contributed by atoms with Crippen LogP contribution < -0.4 is 10.2 Å². The predicted molar refractivity (Wildman–Crippen MR) is 129 cm³/mol. The average molecular weight is 496 g/mol. The van der Waals surface area contributed by atoms with Gasteiger partial charge in [0.25, 0.3) is 0 Å². The minimum atomic E-state index is -3.46. The number of thioether (sulfide) groups is 1. The summed E-state index contributed by atoms with van der Waals surface area (Å²) in [5, 5.41) is 12.3. The summed E-state index contributed by atoms with van der Waals surface area (Å²) in [6, 6.07) is 5.19. The smallest absolute Gasteiger partial charge is 0.243 e. The molecule has 2 aliphatic rings. The summed E-state index contributed by atoms with van der Waals surface area (Å²) in [6.07, 6.45) is 5.62. The molecule has 2 aliphatic heterocycles. The Kier molecular flexibility index (Phi) is 7.70. The maximum Gasteiger partial charge on any atom is 0.243 e. The molecule has 11 heteroatoms. The number of benzene rings is 1.